The molecular weight excluding hydrogens is 481 g/mol. The molecular formula is C24H19ClFN3O4S. The molecule has 1 fully saturated rings. The first-order valence-corrected chi connectivity index (χ1v) is 12.0. The maximum atomic E-state index is 14.6. The van der Waals surface area contributed by atoms with E-state index in [2.05, 4.69) is 0 Å². The standard InChI is InChI=1S/C24H19ClFN3O4S/c25-18-6-4-16(5-7-18)13-29(34(32,33)21-3-1-2-17(10-21)12-27)19-8-9-23(26)22(11-19)24(31)28-14-20(30)15-28/h1-11,20,30H,13-15H2. The Hall–Kier alpha value is -3.45. The number of hydrogen-bond acceptors (Lipinski definition) is 5. The summed E-state index contributed by atoms with van der Waals surface area (Å²) in [5.41, 5.74) is 0.543. The largest absolute Gasteiger partial charge is 0.389 e. The molecule has 3 aromatic carbocycles. The Morgan fingerprint density at radius 1 is 1.15 bits per heavy atom. The van der Waals surface area contributed by atoms with Crippen molar-refractivity contribution in [3.05, 3.63) is 94.3 Å². The van der Waals surface area contributed by atoms with Gasteiger partial charge < -0.3 is 10.0 Å². The van der Waals surface area contributed by atoms with Gasteiger partial charge in [0.05, 0.1) is 40.4 Å². The Kier molecular flexibility index (Phi) is 6.57. The maximum absolute atomic E-state index is 14.6. The molecule has 0 unspecified atom stereocenters. The van der Waals surface area contributed by atoms with Gasteiger partial charge in [0.1, 0.15) is 5.82 Å². The van der Waals surface area contributed by atoms with E-state index in [0.29, 0.717) is 10.6 Å². The highest BCUT2D eigenvalue weighted by Gasteiger charge is 2.32. The highest BCUT2D eigenvalue weighted by molar-refractivity contribution is 7.92. The average Bonchev–Trinajstić information content (AvgIpc) is 2.81. The number of β-amino-alcohol motifs (C(OH)–C–C–N with tert-alkyl or cyclic N) is 1. The molecule has 0 aromatic heterocycles. The van der Waals surface area contributed by atoms with E-state index in [1.807, 2.05) is 6.07 Å². The minimum absolute atomic E-state index is 0.0723. The van der Waals surface area contributed by atoms with Crippen LogP contribution in [-0.4, -0.2) is 43.5 Å². The van der Waals surface area contributed by atoms with Gasteiger partial charge in [-0.05, 0) is 54.1 Å². The van der Waals surface area contributed by atoms with Crippen LogP contribution in [0.25, 0.3) is 0 Å². The van der Waals surface area contributed by atoms with Crippen LogP contribution < -0.4 is 4.31 Å². The van der Waals surface area contributed by atoms with Crippen LogP contribution in [0.5, 0.6) is 0 Å². The Morgan fingerprint density at radius 2 is 1.85 bits per heavy atom. The first kappa shape index (κ1) is 23.7. The zero-order chi connectivity index (χ0) is 24.5. The van der Waals surface area contributed by atoms with Gasteiger partial charge in [0, 0.05) is 18.1 Å². The van der Waals surface area contributed by atoms with Crippen molar-refractivity contribution in [1.29, 1.82) is 5.26 Å². The van der Waals surface area contributed by atoms with Gasteiger partial charge in [0.25, 0.3) is 15.9 Å². The summed E-state index contributed by atoms with van der Waals surface area (Å²) in [6, 6.07) is 17.5. The molecule has 174 valence electrons. The second-order valence-electron chi connectivity index (χ2n) is 7.81. The van der Waals surface area contributed by atoms with Crippen LogP contribution >= 0.6 is 11.6 Å². The Balaban J connectivity index is 1.79. The highest BCUT2D eigenvalue weighted by Crippen LogP contribution is 2.29. The normalized spacial score (nSPS) is 13.8. The number of benzene rings is 3. The van der Waals surface area contributed by atoms with E-state index in [4.69, 9.17) is 11.6 Å². The lowest BCUT2D eigenvalue weighted by Gasteiger charge is -2.36. The molecule has 0 radical (unpaired) electrons. The van der Waals surface area contributed by atoms with Crippen molar-refractivity contribution in [2.75, 3.05) is 17.4 Å². The predicted octanol–water partition coefficient (Wildman–Crippen LogP) is 3.56. The van der Waals surface area contributed by atoms with Gasteiger partial charge in [-0.25, -0.2) is 12.8 Å². The van der Waals surface area contributed by atoms with Crippen molar-refractivity contribution in [2.24, 2.45) is 0 Å². The van der Waals surface area contributed by atoms with Gasteiger partial charge in [-0.1, -0.05) is 29.8 Å². The number of amides is 1. The fourth-order valence-corrected chi connectivity index (χ4v) is 5.16. The lowest BCUT2D eigenvalue weighted by atomic mass is 10.1. The lowest BCUT2D eigenvalue weighted by Crippen LogP contribution is -2.53. The second kappa shape index (κ2) is 9.43. The molecule has 1 aliphatic rings. The Labute approximate surface area is 201 Å². The summed E-state index contributed by atoms with van der Waals surface area (Å²) < 4.78 is 42.9. The first-order chi connectivity index (χ1) is 16.2. The zero-order valence-electron chi connectivity index (χ0n) is 17.7. The van der Waals surface area contributed by atoms with Gasteiger partial charge in [0.2, 0.25) is 0 Å². The number of anilines is 1. The van der Waals surface area contributed by atoms with Gasteiger partial charge in [-0.3, -0.25) is 9.10 Å². The molecule has 0 saturated carbocycles. The lowest BCUT2D eigenvalue weighted by molar-refractivity contribution is 0.00559. The van der Waals surface area contributed by atoms with Crippen LogP contribution in [0.3, 0.4) is 0 Å². The average molecular weight is 500 g/mol. The SMILES string of the molecule is N#Cc1cccc(S(=O)(=O)N(Cc2ccc(Cl)cc2)c2ccc(F)c(C(=O)N3CC(O)C3)c2)c1. The summed E-state index contributed by atoms with van der Waals surface area (Å²) >= 11 is 5.95. The van der Waals surface area contributed by atoms with E-state index in [-0.39, 0.29) is 41.3 Å². The van der Waals surface area contributed by atoms with Crippen molar-refractivity contribution >= 4 is 33.2 Å². The number of likely N-dealkylation sites (tertiary alicyclic amines) is 1. The molecule has 7 nitrogen and oxygen atoms in total. The molecule has 10 heteroatoms. The number of aliphatic hydroxyl groups is 1. The van der Waals surface area contributed by atoms with Gasteiger partial charge in [-0.2, -0.15) is 5.26 Å². The molecule has 1 heterocycles. The smallest absolute Gasteiger partial charge is 0.264 e. The Morgan fingerprint density at radius 3 is 2.50 bits per heavy atom. The van der Waals surface area contributed by atoms with Crippen LogP contribution in [-0.2, 0) is 16.6 Å². The molecule has 0 bridgehead atoms. The number of sulfonamides is 1. The van der Waals surface area contributed by atoms with Crippen molar-refractivity contribution in [2.45, 2.75) is 17.5 Å². The number of aliphatic hydroxyl groups excluding tert-OH is 1. The molecule has 4 rings (SSSR count). The van der Waals surface area contributed by atoms with Crippen molar-refractivity contribution in [1.82, 2.24) is 4.90 Å². The number of nitriles is 1. The molecule has 0 atom stereocenters. The minimum atomic E-state index is -4.21. The molecule has 1 saturated heterocycles. The summed E-state index contributed by atoms with van der Waals surface area (Å²) in [7, 11) is -4.21. The van der Waals surface area contributed by atoms with Gasteiger partial charge in [-0.15, -0.1) is 0 Å². The maximum Gasteiger partial charge on any atom is 0.264 e. The molecule has 34 heavy (non-hydrogen) atoms. The summed E-state index contributed by atoms with van der Waals surface area (Å²) in [5, 5.41) is 19.2. The molecule has 3 aromatic rings. The molecule has 0 aliphatic carbocycles. The topological polar surface area (TPSA) is 102 Å². The van der Waals surface area contributed by atoms with E-state index in [1.165, 1.54) is 41.3 Å². The van der Waals surface area contributed by atoms with Crippen LogP contribution in [0, 0.1) is 17.1 Å². The monoisotopic (exact) mass is 499 g/mol. The minimum Gasteiger partial charge on any atom is -0.389 e. The number of halogens is 2. The number of nitrogens with zero attached hydrogens (tertiary/aromatic N) is 3. The van der Waals surface area contributed by atoms with E-state index >= 15 is 0 Å². The summed E-state index contributed by atoms with van der Waals surface area (Å²) in [5.74, 6) is -1.44. The first-order valence-electron chi connectivity index (χ1n) is 10.2. The van der Waals surface area contributed by atoms with E-state index < -0.39 is 27.9 Å². The van der Waals surface area contributed by atoms with Crippen molar-refractivity contribution in [3.8, 4) is 6.07 Å². The number of carbonyl (C=O) groups is 1. The molecule has 1 amide bonds. The van der Waals surface area contributed by atoms with E-state index in [9.17, 15) is 28.0 Å². The van der Waals surface area contributed by atoms with Crippen LogP contribution in [0.15, 0.2) is 71.6 Å². The molecule has 1 aliphatic heterocycles. The van der Waals surface area contributed by atoms with E-state index in [1.54, 1.807) is 24.3 Å². The third-order valence-corrected chi connectivity index (χ3v) is 7.43. The van der Waals surface area contributed by atoms with Gasteiger partial charge >= 0.3 is 0 Å². The fourth-order valence-electron chi connectivity index (χ4n) is 3.55. The van der Waals surface area contributed by atoms with Crippen LogP contribution in [0.1, 0.15) is 21.5 Å². The van der Waals surface area contributed by atoms with Crippen molar-refractivity contribution in [3.63, 3.8) is 0 Å². The quantitative estimate of drug-likeness (QED) is 0.558. The molecule has 0 spiro atoms. The van der Waals surface area contributed by atoms with Crippen LogP contribution in [0.4, 0.5) is 10.1 Å². The third-order valence-electron chi connectivity index (χ3n) is 5.41. The summed E-state index contributed by atoms with van der Waals surface area (Å²) in [6.07, 6.45) is -0.663. The number of rotatable bonds is 6. The van der Waals surface area contributed by atoms with E-state index in [0.717, 1.165) is 10.4 Å². The summed E-state index contributed by atoms with van der Waals surface area (Å²) in [6.45, 7) is 0.0322. The highest BCUT2D eigenvalue weighted by atomic mass is 35.5. The number of hydrogen-bond donors (Lipinski definition) is 1. The van der Waals surface area contributed by atoms with Gasteiger partial charge in [0.15, 0.2) is 0 Å². The molecule has 1 N–H and O–H groups in total. The third kappa shape index (κ3) is 4.75. The number of carbonyl (C=O) groups excluding carboxylic acids is 1. The fraction of sp³-hybridized carbons (Fsp3) is 0.167. The predicted molar refractivity (Wildman–Crippen MR) is 124 cm³/mol. The Bertz CT molecular complexity index is 1380. The van der Waals surface area contributed by atoms with Crippen LogP contribution in [0.2, 0.25) is 5.02 Å². The summed E-state index contributed by atoms with van der Waals surface area (Å²) in [4.78, 5) is 13.9. The zero-order valence-corrected chi connectivity index (χ0v) is 19.3. The van der Waals surface area contributed by atoms with Crippen molar-refractivity contribution < 1.29 is 22.7 Å². The second-order valence-corrected chi connectivity index (χ2v) is 10.1.